The number of hydrogen-bond acceptors (Lipinski definition) is 3. The number of anilines is 1. The van der Waals surface area contributed by atoms with E-state index in [0.717, 1.165) is 18.7 Å². The molecular weight excluding hydrogens is 210 g/mol. The molecule has 1 aromatic carbocycles. The zero-order valence-corrected chi connectivity index (χ0v) is 8.93. The zero-order chi connectivity index (χ0) is 10.8. The van der Waals surface area contributed by atoms with E-state index >= 15 is 0 Å². The molecule has 4 heteroatoms. The predicted octanol–water partition coefficient (Wildman–Crippen LogP) is 1.82. The van der Waals surface area contributed by atoms with Crippen molar-refractivity contribution in [2.75, 3.05) is 18.8 Å². The lowest BCUT2D eigenvalue weighted by Gasteiger charge is -2.09. The predicted molar refractivity (Wildman–Crippen MR) is 63.6 cm³/mol. The van der Waals surface area contributed by atoms with E-state index < -0.39 is 0 Å². The average Bonchev–Trinajstić information content (AvgIpc) is 2.74. The second-order valence-electron chi connectivity index (χ2n) is 3.44. The molecule has 0 fully saturated rings. The normalized spacial score (nSPS) is 15.1. The molecule has 78 valence electrons. The molecule has 1 aliphatic rings. The summed E-state index contributed by atoms with van der Waals surface area (Å²) in [5.74, 6) is 0. The summed E-state index contributed by atoms with van der Waals surface area (Å²) in [7, 11) is 0. The number of benzene rings is 1. The molecule has 1 heterocycles. The van der Waals surface area contributed by atoms with E-state index in [4.69, 9.17) is 22.7 Å². The van der Waals surface area contributed by atoms with Gasteiger partial charge in [-0.15, -0.1) is 0 Å². The minimum absolute atomic E-state index is 0.458. The van der Waals surface area contributed by atoms with Crippen molar-refractivity contribution in [2.24, 2.45) is 0 Å². The summed E-state index contributed by atoms with van der Waals surface area (Å²) in [5.41, 5.74) is 8.45. The highest BCUT2D eigenvalue weighted by Crippen LogP contribution is 2.24. The maximum Gasteiger partial charge on any atom is 0.0675 e. The molecular formula is C11H12ClN3. The van der Waals surface area contributed by atoms with E-state index in [9.17, 15) is 0 Å². The van der Waals surface area contributed by atoms with Gasteiger partial charge in [-0.05, 0) is 11.6 Å². The van der Waals surface area contributed by atoms with Gasteiger partial charge in [-0.25, -0.2) is 0 Å². The lowest BCUT2D eigenvalue weighted by Crippen LogP contribution is -2.14. The number of nitrogens with one attached hydrogen (secondary N) is 2. The summed E-state index contributed by atoms with van der Waals surface area (Å²) < 4.78 is 0. The van der Waals surface area contributed by atoms with E-state index in [1.165, 1.54) is 0 Å². The molecule has 0 amide bonds. The lowest BCUT2D eigenvalue weighted by atomic mass is 10.0. The first-order chi connectivity index (χ1) is 7.20. The van der Waals surface area contributed by atoms with E-state index in [1.807, 2.05) is 18.2 Å². The topological polar surface area (TPSA) is 61.9 Å². The quantitative estimate of drug-likeness (QED) is 0.527. The van der Waals surface area contributed by atoms with Crippen LogP contribution in [-0.2, 0) is 0 Å². The van der Waals surface area contributed by atoms with E-state index in [0.29, 0.717) is 22.0 Å². The van der Waals surface area contributed by atoms with Crippen LogP contribution in [0.25, 0.3) is 0 Å². The van der Waals surface area contributed by atoms with Crippen LogP contribution in [0.1, 0.15) is 5.56 Å². The van der Waals surface area contributed by atoms with Crippen LogP contribution in [-0.4, -0.2) is 18.8 Å². The van der Waals surface area contributed by atoms with Gasteiger partial charge in [0.15, 0.2) is 0 Å². The molecule has 0 atom stereocenters. The van der Waals surface area contributed by atoms with Gasteiger partial charge in [0.25, 0.3) is 0 Å². The lowest BCUT2D eigenvalue weighted by molar-refractivity contribution is 0.885. The van der Waals surface area contributed by atoms with Crippen LogP contribution in [0.15, 0.2) is 29.8 Å². The third-order valence-corrected chi connectivity index (χ3v) is 2.78. The van der Waals surface area contributed by atoms with Gasteiger partial charge in [-0.2, -0.15) is 0 Å². The van der Waals surface area contributed by atoms with Gasteiger partial charge in [-0.3, -0.25) is 5.41 Å². The van der Waals surface area contributed by atoms with Crippen molar-refractivity contribution in [3.8, 4) is 0 Å². The molecule has 0 spiro atoms. The fourth-order valence-electron chi connectivity index (χ4n) is 1.59. The fraction of sp³-hybridized carbons (Fsp3) is 0.182. The first-order valence-electron chi connectivity index (χ1n) is 4.73. The van der Waals surface area contributed by atoms with Crippen molar-refractivity contribution >= 4 is 23.0 Å². The highest BCUT2D eigenvalue weighted by molar-refractivity contribution is 6.34. The molecule has 0 bridgehead atoms. The number of nitrogens with two attached hydrogens (primary N) is 1. The monoisotopic (exact) mass is 221 g/mol. The Morgan fingerprint density at radius 1 is 1.47 bits per heavy atom. The molecule has 4 N–H and O–H groups in total. The Balaban J connectivity index is 2.37. The van der Waals surface area contributed by atoms with E-state index in [-0.39, 0.29) is 0 Å². The summed E-state index contributed by atoms with van der Waals surface area (Å²) in [5, 5.41) is 11.7. The molecule has 0 aromatic heterocycles. The highest BCUT2D eigenvalue weighted by atomic mass is 35.5. The SMILES string of the molecule is N=C(C1=CCNC1)c1cccc(Cl)c1N. The largest absolute Gasteiger partial charge is 0.397 e. The highest BCUT2D eigenvalue weighted by Gasteiger charge is 2.14. The molecule has 0 saturated carbocycles. The van der Waals surface area contributed by atoms with Crippen molar-refractivity contribution < 1.29 is 0 Å². The van der Waals surface area contributed by atoms with Gasteiger partial charge in [0.2, 0.25) is 0 Å². The van der Waals surface area contributed by atoms with Crippen molar-refractivity contribution in [1.29, 1.82) is 5.41 Å². The van der Waals surface area contributed by atoms with Gasteiger partial charge in [0.1, 0.15) is 0 Å². The molecule has 15 heavy (non-hydrogen) atoms. The minimum atomic E-state index is 0.458. The molecule has 0 unspecified atom stereocenters. The Kier molecular flexibility index (Phi) is 2.75. The average molecular weight is 222 g/mol. The van der Waals surface area contributed by atoms with Gasteiger partial charge < -0.3 is 11.1 Å². The Morgan fingerprint density at radius 2 is 2.27 bits per heavy atom. The Labute approximate surface area is 93.4 Å². The van der Waals surface area contributed by atoms with Crippen LogP contribution in [0, 0.1) is 5.41 Å². The minimum Gasteiger partial charge on any atom is -0.397 e. The summed E-state index contributed by atoms with van der Waals surface area (Å²) in [4.78, 5) is 0. The van der Waals surface area contributed by atoms with Gasteiger partial charge in [-0.1, -0.05) is 29.8 Å². The van der Waals surface area contributed by atoms with Crippen LogP contribution in [0.2, 0.25) is 5.02 Å². The summed E-state index contributed by atoms with van der Waals surface area (Å²) in [6, 6.07) is 5.36. The second-order valence-corrected chi connectivity index (χ2v) is 3.84. The standard InChI is InChI=1S/C11H12ClN3/c12-9-3-1-2-8(11(9)14)10(13)7-4-5-15-6-7/h1-4,13,15H,5-6,14H2. The molecule has 2 rings (SSSR count). The van der Waals surface area contributed by atoms with E-state index in [2.05, 4.69) is 5.32 Å². The van der Waals surface area contributed by atoms with Crippen LogP contribution in [0.4, 0.5) is 5.69 Å². The van der Waals surface area contributed by atoms with Crippen molar-refractivity contribution in [1.82, 2.24) is 5.32 Å². The number of rotatable bonds is 2. The van der Waals surface area contributed by atoms with Crippen LogP contribution < -0.4 is 11.1 Å². The van der Waals surface area contributed by atoms with Crippen LogP contribution in [0.3, 0.4) is 0 Å². The second kappa shape index (κ2) is 4.04. The number of nitrogen functional groups attached to an aromatic ring is 1. The van der Waals surface area contributed by atoms with Crippen molar-refractivity contribution in [3.05, 3.63) is 40.4 Å². The maximum atomic E-state index is 8.02. The fourth-order valence-corrected chi connectivity index (χ4v) is 1.77. The third-order valence-electron chi connectivity index (χ3n) is 2.45. The first kappa shape index (κ1) is 10.2. The molecule has 0 saturated heterocycles. The first-order valence-corrected chi connectivity index (χ1v) is 5.11. The van der Waals surface area contributed by atoms with Crippen LogP contribution in [0.5, 0.6) is 0 Å². The van der Waals surface area contributed by atoms with Crippen LogP contribution >= 0.6 is 11.6 Å². The number of halogens is 1. The number of para-hydroxylation sites is 1. The van der Waals surface area contributed by atoms with Gasteiger partial charge >= 0.3 is 0 Å². The van der Waals surface area contributed by atoms with Crippen molar-refractivity contribution in [2.45, 2.75) is 0 Å². The smallest absolute Gasteiger partial charge is 0.0675 e. The molecule has 0 aliphatic carbocycles. The summed E-state index contributed by atoms with van der Waals surface area (Å²) in [6.07, 6.45) is 2.00. The zero-order valence-electron chi connectivity index (χ0n) is 8.18. The van der Waals surface area contributed by atoms with Gasteiger partial charge in [0, 0.05) is 18.7 Å². The third kappa shape index (κ3) is 1.89. The Bertz CT molecular complexity index is 437. The van der Waals surface area contributed by atoms with E-state index in [1.54, 1.807) is 6.07 Å². The Morgan fingerprint density at radius 3 is 2.93 bits per heavy atom. The number of hydrogen-bond donors (Lipinski definition) is 3. The van der Waals surface area contributed by atoms with Crippen molar-refractivity contribution in [3.63, 3.8) is 0 Å². The maximum absolute atomic E-state index is 8.02. The summed E-state index contributed by atoms with van der Waals surface area (Å²) >= 11 is 5.91. The molecule has 3 nitrogen and oxygen atoms in total. The molecule has 0 radical (unpaired) electrons. The molecule has 1 aromatic rings. The summed E-state index contributed by atoms with van der Waals surface area (Å²) in [6.45, 7) is 1.54. The van der Waals surface area contributed by atoms with Gasteiger partial charge in [0.05, 0.1) is 16.4 Å². The molecule has 1 aliphatic heterocycles. The Hall–Kier alpha value is -1.32.